The second-order valence-electron chi connectivity index (χ2n) is 6.20. The molecule has 2 aromatic heterocycles. The van der Waals surface area contributed by atoms with Gasteiger partial charge in [0, 0.05) is 44.3 Å². The summed E-state index contributed by atoms with van der Waals surface area (Å²) in [6.45, 7) is 4.94. The number of amides is 1. The van der Waals surface area contributed by atoms with Crippen molar-refractivity contribution in [1.82, 2.24) is 14.9 Å². The van der Waals surface area contributed by atoms with Crippen LogP contribution in [0, 0.1) is 6.92 Å². The fourth-order valence-electron chi connectivity index (χ4n) is 2.96. The van der Waals surface area contributed by atoms with Crippen LogP contribution in [0.25, 0.3) is 0 Å². The Morgan fingerprint density at radius 3 is 2.83 bits per heavy atom. The quantitative estimate of drug-likeness (QED) is 0.908. The molecule has 0 aliphatic carbocycles. The van der Waals surface area contributed by atoms with Crippen molar-refractivity contribution in [1.29, 1.82) is 0 Å². The van der Waals surface area contributed by atoms with Crippen molar-refractivity contribution in [2.24, 2.45) is 5.73 Å². The molecule has 1 fully saturated rings. The van der Waals surface area contributed by atoms with Gasteiger partial charge in [-0.3, -0.25) is 19.7 Å². The Morgan fingerprint density at radius 2 is 2.12 bits per heavy atom. The van der Waals surface area contributed by atoms with Crippen LogP contribution in [0.4, 0.5) is 0 Å². The van der Waals surface area contributed by atoms with Gasteiger partial charge in [0.1, 0.15) is 17.5 Å². The van der Waals surface area contributed by atoms with Crippen molar-refractivity contribution in [3.63, 3.8) is 0 Å². The van der Waals surface area contributed by atoms with Crippen LogP contribution < -0.4 is 10.5 Å². The molecule has 6 nitrogen and oxygen atoms in total. The first-order chi connectivity index (χ1) is 11.6. The Morgan fingerprint density at radius 1 is 1.33 bits per heavy atom. The minimum absolute atomic E-state index is 0.153. The van der Waals surface area contributed by atoms with Crippen LogP contribution in [0.2, 0.25) is 0 Å². The number of hydrogen-bond donors (Lipinski definition) is 1. The van der Waals surface area contributed by atoms with E-state index in [2.05, 4.69) is 27.9 Å². The van der Waals surface area contributed by atoms with Gasteiger partial charge >= 0.3 is 0 Å². The van der Waals surface area contributed by atoms with E-state index < -0.39 is 5.91 Å². The maximum absolute atomic E-state index is 11.2. The third kappa shape index (κ3) is 4.29. The summed E-state index contributed by atoms with van der Waals surface area (Å²) in [6, 6.07) is 5.54. The summed E-state index contributed by atoms with van der Waals surface area (Å²) >= 11 is 0. The van der Waals surface area contributed by atoms with E-state index in [1.807, 2.05) is 12.4 Å². The van der Waals surface area contributed by atoms with E-state index in [4.69, 9.17) is 10.5 Å². The highest BCUT2D eigenvalue weighted by Crippen LogP contribution is 2.20. The molecule has 0 aromatic carbocycles. The average Bonchev–Trinajstić information content (AvgIpc) is 2.57. The molecule has 1 aliphatic heterocycles. The summed E-state index contributed by atoms with van der Waals surface area (Å²) in [5, 5.41) is 0. The van der Waals surface area contributed by atoms with Crippen molar-refractivity contribution in [2.45, 2.75) is 32.4 Å². The average molecular weight is 326 g/mol. The molecule has 24 heavy (non-hydrogen) atoms. The fourth-order valence-corrected chi connectivity index (χ4v) is 2.96. The first kappa shape index (κ1) is 16.4. The van der Waals surface area contributed by atoms with Crippen molar-refractivity contribution >= 4 is 5.91 Å². The maximum atomic E-state index is 11.2. The molecule has 2 aromatic rings. The first-order valence-electron chi connectivity index (χ1n) is 8.15. The monoisotopic (exact) mass is 326 g/mol. The molecule has 1 aliphatic rings. The number of nitrogens with zero attached hydrogens (tertiary/aromatic N) is 3. The van der Waals surface area contributed by atoms with Crippen LogP contribution in [0.15, 0.2) is 36.8 Å². The zero-order chi connectivity index (χ0) is 16.9. The molecule has 0 radical (unpaired) electrons. The number of likely N-dealkylation sites (tertiary alicyclic amines) is 1. The molecule has 1 amide bonds. The number of piperidine rings is 1. The molecule has 0 saturated carbocycles. The van der Waals surface area contributed by atoms with E-state index in [0.29, 0.717) is 5.75 Å². The van der Waals surface area contributed by atoms with Crippen LogP contribution >= 0.6 is 0 Å². The lowest BCUT2D eigenvalue weighted by Gasteiger charge is -2.32. The zero-order valence-electron chi connectivity index (χ0n) is 13.8. The number of pyridine rings is 2. The zero-order valence-corrected chi connectivity index (χ0v) is 13.8. The van der Waals surface area contributed by atoms with Crippen molar-refractivity contribution < 1.29 is 9.53 Å². The molecular formula is C18H22N4O2. The van der Waals surface area contributed by atoms with E-state index in [-0.39, 0.29) is 11.8 Å². The van der Waals surface area contributed by atoms with Crippen LogP contribution in [-0.4, -0.2) is 40.0 Å². The highest BCUT2D eigenvalue weighted by atomic mass is 16.5. The van der Waals surface area contributed by atoms with Crippen molar-refractivity contribution in [3.8, 4) is 5.75 Å². The highest BCUT2D eigenvalue weighted by molar-refractivity contribution is 5.91. The molecule has 126 valence electrons. The van der Waals surface area contributed by atoms with Gasteiger partial charge in [-0.15, -0.1) is 0 Å². The molecule has 6 heteroatoms. The molecule has 0 atom stereocenters. The summed E-state index contributed by atoms with van der Waals surface area (Å²) < 4.78 is 5.98. The van der Waals surface area contributed by atoms with Gasteiger partial charge in [-0.25, -0.2) is 0 Å². The third-order valence-corrected chi connectivity index (χ3v) is 4.16. The molecule has 0 unspecified atom stereocenters. The van der Waals surface area contributed by atoms with E-state index in [0.717, 1.165) is 32.5 Å². The highest BCUT2D eigenvalue weighted by Gasteiger charge is 2.21. The Labute approximate surface area is 141 Å². The second-order valence-corrected chi connectivity index (χ2v) is 6.20. The number of nitrogens with two attached hydrogens (primary N) is 1. The Balaban J connectivity index is 1.52. The van der Waals surface area contributed by atoms with Gasteiger partial charge in [-0.2, -0.15) is 0 Å². The Kier molecular flexibility index (Phi) is 5.05. The lowest BCUT2D eigenvalue weighted by Crippen LogP contribution is -2.37. The van der Waals surface area contributed by atoms with E-state index in [1.165, 1.54) is 11.1 Å². The summed E-state index contributed by atoms with van der Waals surface area (Å²) in [6.07, 6.45) is 7.41. The molecule has 0 spiro atoms. The predicted octanol–water partition coefficient (Wildman–Crippen LogP) is 1.93. The van der Waals surface area contributed by atoms with Gasteiger partial charge in [-0.05, 0) is 37.0 Å². The number of carbonyl (C=O) groups excluding carboxylic acids is 1. The number of rotatable bonds is 5. The fraction of sp³-hybridized carbons (Fsp3) is 0.389. The molecule has 2 N–H and O–H groups in total. The standard InChI is InChI=1S/C18H22N4O2/c1-13-8-14(11-20-10-13)12-22-6-3-15(4-7-22)24-16-2-5-21-17(9-16)18(19)23/h2,5,8-11,15H,3-4,6-7,12H2,1H3,(H2,19,23). The van der Waals surface area contributed by atoms with Gasteiger partial charge in [0.05, 0.1) is 0 Å². The van der Waals surface area contributed by atoms with E-state index >= 15 is 0 Å². The molecular weight excluding hydrogens is 304 g/mol. The minimum Gasteiger partial charge on any atom is -0.490 e. The minimum atomic E-state index is -0.540. The van der Waals surface area contributed by atoms with Crippen LogP contribution in [-0.2, 0) is 6.54 Å². The van der Waals surface area contributed by atoms with Gasteiger partial charge in [0.15, 0.2) is 0 Å². The summed E-state index contributed by atoms with van der Waals surface area (Å²) in [5.41, 5.74) is 7.92. The summed E-state index contributed by atoms with van der Waals surface area (Å²) in [5.74, 6) is 0.113. The largest absolute Gasteiger partial charge is 0.490 e. The Hall–Kier alpha value is -2.47. The van der Waals surface area contributed by atoms with Crippen LogP contribution in [0.1, 0.15) is 34.5 Å². The summed E-state index contributed by atoms with van der Waals surface area (Å²) in [7, 11) is 0. The lowest BCUT2D eigenvalue weighted by atomic mass is 10.1. The molecule has 0 bridgehead atoms. The summed E-state index contributed by atoms with van der Waals surface area (Å²) in [4.78, 5) is 21.8. The predicted molar refractivity (Wildman–Crippen MR) is 90.7 cm³/mol. The maximum Gasteiger partial charge on any atom is 0.267 e. The number of primary amides is 1. The van der Waals surface area contributed by atoms with Gasteiger partial charge < -0.3 is 10.5 Å². The SMILES string of the molecule is Cc1cncc(CN2CCC(Oc3ccnc(C(N)=O)c3)CC2)c1. The molecule has 1 saturated heterocycles. The number of aromatic nitrogens is 2. The topological polar surface area (TPSA) is 81.3 Å². The van der Waals surface area contributed by atoms with Gasteiger partial charge in [-0.1, -0.05) is 6.07 Å². The van der Waals surface area contributed by atoms with Crippen LogP contribution in [0.5, 0.6) is 5.75 Å². The first-order valence-corrected chi connectivity index (χ1v) is 8.15. The van der Waals surface area contributed by atoms with Gasteiger partial charge in [0.25, 0.3) is 5.91 Å². The number of hydrogen-bond acceptors (Lipinski definition) is 5. The molecule has 3 rings (SSSR count). The normalized spacial score (nSPS) is 16.0. The third-order valence-electron chi connectivity index (χ3n) is 4.16. The van der Waals surface area contributed by atoms with Crippen molar-refractivity contribution in [2.75, 3.05) is 13.1 Å². The number of aryl methyl sites for hydroxylation is 1. The second kappa shape index (κ2) is 7.40. The van der Waals surface area contributed by atoms with Crippen molar-refractivity contribution in [3.05, 3.63) is 53.6 Å². The smallest absolute Gasteiger partial charge is 0.267 e. The lowest BCUT2D eigenvalue weighted by molar-refractivity contribution is 0.0953. The molecule has 3 heterocycles. The van der Waals surface area contributed by atoms with E-state index in [9.17, 15) is 4.79 Å². The number of carbonyl (C=O) groups is 1. The van der Waals surface area contributed by atoms with Crippen LogP contribution in [0.3, 0.4) is 0 Å². The van der Waals surface area contributed by atoms with E-state index in [1.54, 1.807) is 18.3 Å². The van der Waals surface area contributed by atoms with Gasteiger partial charge in [0.2, 0.25) is 0 Å². The Bertz CT molecular complexity index is 712. The number of ether oxygens (including phenoxy) is 1.